The highest BCUT2D eigenvalue weighted by atomic mass is 16.5. The van der Waals surface area contributed by atoms with Crippen molar-refractivity contribution in [3.8, 4) is 11.5 Å². The molecule has 4 amide bonds. The molecule has 8 nitrogen and oxygen atoms in total. The Morgan fingerprint density at radius 3 is 2.24 bits per heavy atom. The van der Waals surface area contributed by atoms with Crippen LogP contribution >= 0.6 is 0 Å². The van der Waals surface area contributed by atoms with Crippen molar-refractivity contribution in [2.75, 3.05) is 26.3 Å². The van der Waals surface area contributed by atoms with E-state index in [1.54, 1.807) is 29.2 Å². The van der Waals surface area contributed by atoms with Gasteiger partial charge < -0.3 is 19.7 Å². The fourth-order valence-corrected chi connectivity index (χ4v) is 3.05. The van der Waals surface area contributed by atoms with Crippen molar-refractivity contribution >= 4 is 17.8 Å². The Morgan fingerprint density at radius 1 is 1.12 bits per heavy atom. The molecular weight excluding hydrogens is 326 g/mol. The second-order valence-corrected chi connectivity index (χ2v) is 6.06. The summed E-state index contributed by atoms with van der Waals surface area (Å²) in [4.78, 5) is 37.1. The van der Waals surface area contributed by atoms with Crippen LogP contribution in [0.15, 0.2) is 24.3 Å². The molecular formula is C17H21N3O5. The molecule has 1 aromatic carbocycles. The van der Waals surface area contributed by atoms with Crippen LogP contribution in [0.5, 0.6) is 11.5 Å². The van der Waals surface area contributed by atoms with Gasteiger partial charge in [0, 0.05) is 13.1 Å². The number of carbonyl (C=O) groups excluding carboxylic acids is 3. The van der Waals surface area contributed by atoms with Gasteiger partial charge in [-0.1, -0.05) is 0 Å². The van der Waals surface area contributed by atoms with Gasteiger partial charge in [0.2, 0.25) is 0 Å². The molecule has 134 valence electrons. The lowest BCUT2D eigenvalue weighted by Crippen LogP contribution is -2.56. The number of benzene rings is 1. The minimum atomic E-state index is -0.871. The molecule has 0 unspecified atom stereocenters. The molecule has 3 rings (SSSR count). The first-order valence-electron chi connectivity index (χ1n) is 8.29. The van der Waals surface area contributed by atoms with Crippen LogP contribution in [0.2, 0.25) is 0 Å². The van der Waals surface area contributed by atoms with Gasteiger partial charge in [0.1, 0.15) is 17.0 Å². The summed E-state index contributed by atoms with van der Waals surface area (Å²) in [5.74, 6) is 0.885. The molecule has 0 atom stereocenters. The second kappa shape index (κ2) is 7.00. The maximum Gasteiger partial charge on any atom is 0.322 e. The first-order chi connectivity index (χ1) is 12.0. The normalized spacial score (nSPS) is 18.7. The summed E-state index contributed by atoms with van der Waals surface area (Å²) in [5.41, 5.74) is -0.871. The maximum atomic E-state index is 12.3. The lowest BCUT2D eigenvalue weighted by atomic mass is 9.88. The zero-order valence-corrected chi connectivity index (χ0v) is 14.0. The highest BCUT2D eigenvalue weighted by Crippen LogP contribution is 2.25. The molecule has 2 saturated heterocycles. The summed E-state index contributed by atoms with van der Waals surface area (Å²) < 4.78 is 10.9. The molecule has 2 aliphatic rings. The standard InChI is InChI=1S/C17H21N3O5/c1-2-24-12-3-5-13(6-4-12)25-11-14(21)20-9-7-17(8-10-20)15(22)18-16(23)19-17/h3-6H,2,7-11H2,1H3,(H2,18,19,22,23). The van der Waals surface area contributed by atoms with Crippen molar-refractivity contribution in [2.45, 2.75) is 25.3 Å². The third-order valence-electron chi connectivity index (χ3n) is 4.48. The van der Waals surface area contributed by atoms with E-state index in [0.717, 1.165) is 5.75 Å². The molecule has 0 aliphatic carbocycles. The largest absolute Gasteiger partial charge is 0.494 e. The molecule has 0 radical (unpaired) electrons. The Hall–Kier alpha value is -2.77. The molecule has 2 heterocycles. The van der Waals surface area contributed by atoms with Gasteiger partial charge in [0.25, 0.3) is 11.8 Å². The van der Waals surface area contributed by atoms with Gasteiger partial charge in [-0.2, -0.15) is 0 Å². The van der Waals surface area contributed by atoms with Gasteiger partial charge in [-0.3, -0.25) is 14.9 Å². The van der Waals surface area contributed by atoms with E-state index >= 15 is 0 Å². The van der Waals surface area contributed by atoms with Crippen molar-refractivity contribution in [3.63, 3.8) is 0 Å². The molecule has 0 saturated carbocycles. The minimum Gasteiger partial charge on any atom is -0.494 e. The maximum absolute atomic E-state index is 12.3. The molecule has 0 bridgehead atoms. The first-order valence-corrected chi connectivity index (χ1v) is 8.29. The van der Waals surface area contributed by atoms with Crippen LogP contribution in [0.25, 0.3) is 0 Å². The average Bonchev–Trinajstić information content (AvgIpc) is 2.88. The number of ether oxygens (including phenoxy) is 2. The predicted octanol–water partition coefficient (Wildman–Crippen LogP) is 0.665. The summed E-state index contributed by atoms with van der Waals surface area (Å²) in [7, 11) is 0. The van der Waals surface area contributed by atoms with E-state index in [-0.39, 0.29) is 18.4 Å². The molecule has 0 aromatic heterocycles. The SMILES string of the molecule is CCOc1ccc(OCC(=O)N2CCC3(CC2)NC(=O)NC3=O)cc1. The number of piperidine rings is 1. The molecule has 1 aromatic rings. The van der Waals surface area contributed by atoms with Crippen molar-refractivity contribution < 1.29 is 23.9 Å². The Bertz CT molecular complexity index is 665. The smallest absolute Gasteiger partial charge is 0.322 e. The quantitative estimate of drug-likeness (QED) is 0.763. The van der Waals surface area contributed by atoms with Crippen LogP contribution in [-0.2, 0) is 9.59 Å². The Labute approximate surface area is 145 Å². The zero-order valence-electron chi connectivity index (χ0n) is 14.0. The number of imide groups is 1. The number of amides is 4. The molecule has 2 aliphatic heterocycles. The molecule has 2 fully saturated rings. The molecule has 25 heavy (non-hydrogen) atoms. The fourth-order valence-electron chi connectivity index (χ4n) is 3.05. The van der Waals surface area contributed by atoms with Gasteiger partial charge in [-0.25, -0.2) is 4.79 Å². The van der Waals surface area contributed by atoms with E-state index in [4.69, 9.17) is 9.47 Å². The number of hydrogen-bond acceptors (Lipinski definition) is 5. The summed E-state index contributed by atoms with van der Waals surface area (Å²) in [5, 5.41) is 4.93. The van der Waals surface area contributed by atoms with E-state index in [1.165, 1.54) is 0 Å². The number of carbonyl (C=O) groups is 3. The van der Waals surface area contributed by atoms with Crippen LogP contribution in [0.1, 0.15) is 19.8 Å². The van der Waals surface area contributed by atoms with Crippen molar-refractivity contribution in [2.24, 2.45) is 0 Å². The van der Waals surface area contributed by atoms with Crippen LogP contribution in [0.4, 0.5) is 4.79 Å². The highest BCUT2D eigenvalue weighted by Gasteiger charge is 2.48. The van der Waals surface area contributed by atoms with E-state index in [9.17, 15) is 14.4 Å². The third kappa shape index (κ3) is 3.67. The van der Waals surface area contributed by atoms with E-state index in [2.05, 4.69) is 10.6 Å². The predicted molar refractivity (Wildman–Crippen MR) is 88.3 cm³/mol. The lowest BCUT2D eigenvalue weighted by molar-refractivity contribution is -0.137. The highest BCUT2D eigenvalue weighted by molar-refractivity contribution is 6.07. The molecule has 2 N–H and O–H groups in total. The lowest BCUT2D eigenvalue weighted by Gasteiger charge is -2.36. The van der Waals surface area contributed by atoms with Gasteiger partial charge in [0.15, 0.2) is 6.61 Å². The zero-order chi connectivity index (χ0) is 17.9. The van der Waals surface area contributed by atoms with Crippen LogP contribution in [0, 0.1) is 0 Å². The van der Waals surface area contributed by atoms with Crippen LogP contribution in [0.3, 0.4) is 0 Å². The Morgan fingerprint density at radius 2 is 1.72 bits per heavy atom. The van der Waals surface area contributed by atoms with Gasteiger partial charge >= 0.3 is 6.03 Å². The van der Waals surface area contributed by atoms with E-state index < -0.39 is 11.6 Å². The van der Waals surface area contributed by atoms with Gasteiger partial charge in [0.05, 0.1) is 6.61 Å². The number of rotatable bonds is 5. The first kappa shape index (κ1) is 17.1. The van der Waals surface area contributed by atoms with Crippen LogP contribution < -0.4 is 20.1 Å². The van der Waals surface area contributed by atoms with Crippen molar-refractivity contribution in [1.29, 1.82) is 0 Å². The van der Waals surface area contributed by atoms with E-state index in [0.29, 0.717) is 38.3 Å². The topological polar surface area (TPSA) is 97.0 Å². The van der Waals surface area contributed by atoms with E-state index in [1.807, 2.05) is 6.92 Å². The fraction of sp³-hybridized carbons (Fsp3) is 0.471. The minimum absolute atomic E-state index is 0.0699. The summed E-state index contributed by atoms with van der Waals surface area (Å²) in [6.07, 6.45) is 0.804. The molecule has 8 heteroatoms. The number of urea groups is 1. The summed E-state index contributed by atoms with van der Waals surface area (Å²) in [6, 6.07) is 6.61. The third-order valence-corrected chi connectivity index (χ3v) is 4.48. The number of likely N-dealkylation sites (tertiary alicyclic amines) is 1. The molecule has 1 spiro atoms. The van der Waals surface area contributed by atoms with Crippen molar-refractivity contribution in [1.82, 2.24) is 15.5 Å². The number of hydrogen-bond donors (Lipinski definition) is 2. The number of nitrogens with zero attached hydrogens (tertiary/aromatic N) is 1. The number of nitrogens with one attached hydrogen (secondary N) is 2. The van der Waals surface area contributed by atoms with Gasteiger partial charge in [-0.05, 0) is 44.0 Å². The Balaban J connectivity index is 1.48. The Kier molecular flexibility index (Phi) is 4.78. The summed E-state index contributed by atoms with van der Waals surface area (Å²) >= 11 is 0. The second-order valence-electron chi connectivity index (χ2n) is 6.06. The van der Waals surface area contributed by atoms with Gasteiger partial charge in [-0.15, -0.1) is 0 Å². The summed E-state index contributed by atoms with van der Waals surface area (Å²) in [6.45, 7) is 3.23. The monoisotopic (exact) mass is 347 g/mol. The van der Waals surface area contributed by atoms with Crippen molar-refractivity contribution in [3.05, 3.63) is 24.3 Å². The van der Waals surface area contributed by atoms with Crippen LogP contribution in [-0.4, -0.2) is 54.6 Å². The average molecular weight is 347 g/mol.